The number of nitrogens with two attached hydrogens (primary N) is 1. The molecule has 2 rings (SSSR count). The van der Waals surface area contributed by atoms with E-state index in [2.05, 4.69) is 40.6 Å². The number of thiophene rings is 1. The molecule has 0 amide bonds. The number of hydrogen-bond donors (Lipinski definition) is 2. The topological polar surface area (TPSA) is 54.7 Å². The van der Waals surface area contributed by atoms with Crippen LogP contribution in [0, 0.1) is 11.8 Å². The lowest BCUT2D eigenvalue weighted by molar-refractivity contribution is 0.409. The Bertz CT molecular complexity index is 459. The molecule has 0 saturated carbocycles. The molecule has 3 N–H and O–H groups in total. The first-order chi connectivity index (χ1) is 8.69. The smallest absolute Gasteiger partial charge is 0.106 e. The second-order valence-electron chi connectivity index (χ2n) is 5.19. The highest BCUT2D eigenvalue weighted by Gasteiger charge is 2.12. The minimum Gasteiger partial charge on any atom is -0.342 e. The molecule has 2 aromatic heterocycles. The maximum absolute atomic E-state index is 5.83. The van der Waals surface area contributed by atoms with Gasteiger partial charge in [-0.1, -0.05) is 13.8 Å². The second-order valence-corrected chi connectivity index (χ2v) is 5.97. The van der Waals surface area contributed by atoms with Gasteiger partial charge < -0.3 is 10.7 Å². The van der Waals surface area contributed by atoms with E-state index in [0.717, 1.165) is 30.9 Å². The van der Waals surface area contributed by atoms with Gasteiger partial charge in [-0.15, -0.1) is 0 Å². The van der Waals surface area contributed by atoms with Crippen molar-refractivity contribution in [2.45, 2.75) is 26.7 Å². The highest BCUT2D eigenvalue weighted by molar-refractivity contribution is 7.08. The molecule has 98 valence electrons. The summed E-state index contributed by atoms with van der Waals surface area (Å²) in [6.07, 6.45) is 4.02. The minimum absolute atomic E-state index is 0.520. The number of aromatic nitrogens is 2. The molecule has 1 atom stereocenters. The predicted octanol–water partition coefficient (Wildman–Crippen LogP) is 3.30. The molecule has 3 nitrogen and oxygen atoms in total. The number of rotatable bonds is 6. The standard InChI is InChI=1S/C14H21N3S/c1-10(2)5-11(7-15)6-14-16-8-13(17-14)12-3-4-18-9-12/h3-4,8-11H,5-7,15H2,1-2H3,(H,16,17). The van der Waals surface area contributed by atoms with E-state index >= 15 is 0 Å². The van der Waals surface area contributed by atoms with Crippen molar-refractivity contribution in [3.8, 4) is 11.3 Å². The molecule has 2 aromatic rings. The van der Waals surface area contributed by atoms with Gasteiger partial charge in [-0.05, 0) is 36.2 Å². The second kappa shape index (κ2) is 6.16. The third kappa shape index (κ3) is 3.43. The summed E-state index contributed by atoms with van der Waals surface area (Å²) in [6, 6.07) is 2.11. The quantitative estimate of drug-likeness (QED) is 0.840. The van der Waals surface area contributed by atoms with Crippen LogP contribution in [0.3, 0.4) is 0 Å². The third-order valence-electron chi connectivity index (χ3n) is 3.08. The minimum atomic E-state index is 0.520. The molecule has 1 unspecified atom stereocenters. The predicted molar refractivity (Wildman–Crippen MR) is 77.6 cm³/mol. The summed E-state index contributed by atoms with van der Waals surface area (Å²) in [7, 11) is 0. The lowest BCUT2D eigenvalue weighted by Gasteiger charge is -2.15. The van der Waals surface area contributed by atoms with E-state index in [4.69, 9.17) is 5.73 Å². The Kier molecular flexibility index (Phi) is 4.55. The summed E-state index contributed by atoms with van der Waals surface area (Å²) in [6.45, 7) is 5.20. The molecule has 0 fully saturated rings. The Morgan fingerprint density at radius 3 is 2.89 bits per heavy atom. The molecule has 0 aliphatic heterocycles. The zero-order chi connectivity index (χ0) is 13.0. The van der Waals surface area contributed by atoms with Crippen molar-refractivity contribution < 1.29 is 0 Å². The summed E-state index contributed by atoms with van der Waals surface area (Å²) >= 11 is 1.70. The highest BCUT2D eigenvalue weighted by atomic mass is 32.1. The van der Waals surface area contributed by atoms with Crippen molar-refractivity contribution in [2.75, 3.05) is 6.54 Å². The van der Waals surface area contributed by atoms with Crippen molar-refractivity contribution in [3.05, 3.63) is 28.8 Å². The molecule has 2 heterocycles. The molecule has 0 radical (unpaired) electrons. The van der Waals surface area contributed by atoms with Crippen LogP contribution in [-0.2, 0) is 6.42 Å². The molecule has 0 aromatic carbocycles. The fraction of sp³-hybridized carbons (Fsp3) is 0.500. The van der Waals surface area contributed by atoms with Gasteiger partial charge in [0.15, 0.2) is 0 Å². The lowest BCUT2D eigenvalue weighted by atomic mass is 9.94. The average Bonchev–Trinajstić information content (AvgIpc) is 2.97. The maximum atomic E-state index is 5.83. The number of aromatic amines is 1. The van der Waals surface area contributed by atoms with Gasteiger partial charge >= 0.3 is 0 Å². The van der Waals surface area contributed by atoms with Gasteiger partial charge in [0.1, 0.15) is 5.82 Å². The van der Waals surface area contributed by atoms with Crippen molar-refractivity contribution in [1.29, 1.82) is 0 Å². The van der Waals surface area contributed by atoms with Crippen molar-refractivity contribution in [1.82, 2.24) is 9.97 Å². The summed E-state index contributed by atoms with van der Waals surface area (Å²) in [5.41, 5.74) is 8.15. The Morgan fingerprint density at radius 2 is 2.28 bits per heavy atom. The van der Waals surface area contributed by atoms with Crippen LogP contribution in [0.5, 0.6) is 0 Å². The highest BCUT2D eigenvalue weighted by Crippen LogP contribution is 2.21. The summed E-state index contributed by atoms with van der Waals surface area (Å²) in [5, 5.41) is 4.21. The monoisotopic (exact) mass is 263 g/mol. The van der Waals surface area contributed by atoms with Gasteiger partial charge in [-0.25, -0.2) is 4.98 Å². The first kappa shape index (κ1) is 13.3. The maximum Gasteiger partial charge on any atom is 0.106 e. The fourth-order valence-electron chi connectivity index (χ4n) is 2.23. The zero-order valence-corrected chi connectivity index (χ0v) is 11.8. The number of nitrogens with one attached hydrogen (secondary N) is 1. The Balaban J connectivity index is 2.01. The summed E-state index contributed by atoms with van der Waals surface area (Å²) in [5.74, 6) is 2.25. The molecule has 0 aliphatic carbocycles. The zero-order valence-electron chi connectivity index (χ0n) is 11.0. The van der Waals surface area contributed by atoms with E-state index in [1.807, 2.05) is 6.20 Å². The van der Waals surface area contributed by atoms with Crippen LogP contribution in [-0.4, -0.2) is 16.5 Å². The van der Waals surface area contributed by atoms with Gasteiger partial charge in [0.05, 0.1) is 11.9 Å². The number of nitrogens with zero attached hydrogens (tertiary/aromatic N) is 1. The summed E-state index contributed by atoms with van der Waals surface area (Å²) in [4.78, 5) is 7.85. The molecular weight excluding hydrogens is 242 g/mol. The average molecular weight is 263 g/mol. The van der Waals surface area contributed by atoms with E-state index in [1.54, 1.807) is 11.3 Å². The van der Waals surface area contributed by atoms with Crippen LogP contribution in [0.2, 0.25) is 0 Å². The van der Waals surface area contributed by atoms with Crippen molar-refractivity contribution in [3.63, 3.8) is 0 Å². The molecule has 4 heteroatoms. The largest absolute Gasteiger partial charge is 0.342 e. The normalized spacial score (nSPS) is 13.1. The molecule has 18 heavy (non-hydrogen) atoms. The van der Waals surface area contributed by atoms with E-state index in [1.165, 1.54) is 5.56 Å². The molecule has 0 spiro atoms. The van der Waals surface area contributed by atoms with Gasteiger partial charge in [-0.3, -0.25) is 0 Å². The van der Waals surface area contributed by atoms with Crippen molar-refractivity contribution >= 4 is 11.3 Å². The third-order valence-corrected chi connectivity index (χ3v) is 3.76. The van der Waals surface area contributed by atoms with Gasteiger partial charge in [-0.2, -0.15) is 11.3 Å². The number of hydrogen-bond acceptors (Lipinski definition) is 3. The molecule has 0 bridgehead atoms. The van der Waals surface area contributed by atoms with E-state index < -0.39 is 0 Å². The molecular formula is C14H21N3S. The van der Waals surface area contributed by atoms with Crippen LogP contribution in [0.4, 0.5) is 0 Å². The van der Waals surface area contributed by atoms with Crippen LogP contribution < -0.4 is 5.73 Å². The van der Waals surface area contributed by atoms with Gasteiger partial charge in [0.25, 0.3) is 0 Å². The van der Waals surface area contributed by atoms with Crippen molar-refractivity contribution in [2.24, 2.45) is 17.6 Å². The molecule has 0 aliphatic rings. The van der Waals surface area contributed by atoms with Gasteiger partial charge in [0.2, 0.25) is 0 Å². The Labute approximate surface area is 112 Å². The summed E-state index contributed by atoms with van der Waals surface area (Å²) < 4.78 is 0. The van der Waals surface area contributed by atoms with E-state index in [0.29, 0.717) is 11.8 Å². The first-order valence-corrected chi connectivity index (χ1v) is 7.39. The van der Waals surface area contributed by atoms with Crippen LogP contribution in [0.25, 0.3) is 11.3 Å². The van der Waals surface area contributed by atoms with Crippen LogP contribution in [0.15, 0.2) is 23.0 Å². The van der Waals surface area contributed by atoms with Crippen LogP contribution >= 0.6 is 11.3 Å². The first-order valence-electron chi connectivity index (χ1n) is 6.45. The lowest BCUT2D eigenvalue weighted by Crippen LogP contribution is -2.19. The molecule has 0 saturated heterocycles. The van der Waals surface area contributed by atoms with Gasteiger partial charge in [0, 0.05) is 17.4 Å². The number of H-pyrrole nitrogens is 1. The van der Waals surface area contributed by atoms with E-state index in [-0.39, 0.29) is 0 Å². The van der Waals surface area contributed by atoms with Crippen LogP contribution in [0.1, 0.15) is 26.1 Å². The Morgan fingerprint density at radius 1 is 1.44 bits per heavy atom. The SMILES string of the molecule is CC(C)CC(CN)Cc1ncc(-c2ccsc2)[nH]1. The van der Waals surface area contributed by atoms with E-state index in [9.17, 15) is 0 Å². The Hall–Kier alpha value is -1.13. The number of imidazole rings is 1. The fourth-order valence-corrected chi connectivity index (χ4v) is 2.89.